The van der Waals surface area contributed by atoms with E-state index in [0.717, 1.165) is 18.5 Å². The highest BCUT2D eigenvalue weighted by Crippen LogP contribution is 2.40. The van der Waals surface area contributed by atoms with E-state index in [0.29, 0.717) is 23.5 Å². The van der Waals surface area contributed by atoms with E-state index < -0.39 is 17.7 Å². The van der Waals surface area contributed by atoms with Crippen LogP contribution in [0.4, 0.5) is 0 Å². The average Bonchev–Trinajstić information content (AvgIpc) is 3.12. The molecule has 7 nitrogen and oxygen atoms in total. The lowest BCUT2D eigenvalue weighted by atomic mass is 9.94. The van der Waals surface area contributed by atoms with Crippen molar-refractivity contribution >= 4 is 17.4 Å². The number of nitrogens with one attached hydrogen (secondary N) is 1. The normalized spacial score (nSPS) is 19.0. The third kappa shape index (κ3) is 3.57. The maximum atomic E-state index is 12.9. The number of H-pyrrole nitrogens is 1. The number of aliphatic hydroxyl groups excluding tert-OH is 1. The van der Waals surface area contributed by atoms with E-state index in [1.54, 1.807) is 18.7 Å². The molecular weight excluding hydrogens is 356 g/mol. The number of benzene rings is 1. The molecule has 0 saturated carbocycles. The third-order valence-corrected chi connectivity index (χ3v) is 5.02. The summed E-state index contributed by atoms with van der Waals surface area (Å²) in [6.45, 7) is 4.76. The van der Waals surface area contributed by atoms with E-state index in [4.69, 9.17) is 0 Å². The molecule has 1 aliphatic heterocycles. The van der Waals surface area contributed by atoms with Crippen molar-refractivity contribution in [2.24, 2.45) is 0 Å². The minimum Gasteiger partial charge on any atom is -0.507 e. The van der Waals surface area contributed by atoms with Gasteiger partial charge in [-0.1, -0.05) is 30.3 Å². The van der Waals surface area contributed by atoms with Crippen LogP contribution in [-0.2, 0) is 9.59 Å². The summed E-state index contributed by atoms with van der Waals surface area (Å²) >= 11 is 0. The van der Waals surface area contributed by atoms with Gasteiger partial charge in [0.25, 0.3) is 11.7 Å². The number of carbonyl (C=O) groups excluding carboxylic acids is 2. The predicted octanol–water partition coefficient (Wildman–Crippen LogP) is 2.40. The first kappa shape index (κ1) is 19.8. The van der Waals surface area contributed by atoms with Gasteiger partial charge in [-0.2, -0.15) is 5.10 Å². The molecule has 1 aromatic heterocycles. The summed E-state index contributed by atoms with van der Waals surface area (Å²) in [6.07, 6.45) is 0.729. The SMILES string of the molecule is Cc1n[nH]c(C)c1C(O)=C1C(=O)C(=O)N(CCCN(C)C)[C@H]1c1ccccc1. The van der Waals surface area contributed by atoms with E-state index >= 15 is 0 Å². The number of Topliss-reactive ketones (excluding diaryl/α,β-unsaturated/α-hetero) is 1. The number of hydrogen-bond acceptors (Lipinski definition) is 5. The number of nitrogens with zero attached hydrogens (tertiary/aromatic N) is 3. The standard InChI is InChI=1S/C21H26N4O3/c1-13-16(14(2)23-22-13)19(26)17-18(15-9-6-5-7-10-15)25(21(28)20(17)27)12-8-11-24(3)4/h5-7,9-10,18,26H,8,11-12H2,1-4H3,(H,22,23)/t18-/m0/s1. The largest absolute Gasteiger partial charge is 0.507 e. The first-order valence-corrected chi connectivity index (χ1v) is 9.33. The van der Waals surface area contributed by atoms with Crippen LogP contribution >= 0.6 is 0 Å². The molecule has 1 saturated heterocycles. The van der Waals surface area contributed by atoms with E-state index in [9.17, 15) is 14.7 Å². The highest BCUT2D eigenvalue weighted by Gasteiger charge is 2.46. The van der Waals surface area contributed by atoms with Crippen LogP contribution in [0.1, 0.15) is 35.0 Å². The number of aromatic amines is 1. The van der Waals surface area contributed by atoms with E-state index in [2.05, 4.69) is 10.2 Å². The number of carbonyl (C=O) groups is 2. The summed E-state index contributed by atoms with van der Waals surface area (Å²) in [5.74, 6) is -1.41. The molecule has 0 spiro atoms. The Morgan fingerprint density at radius 1 is 1.21 bits per heavy atom. The number of amides is 1. The Hall–Kier alpha value is -2.93. The van der Waals surface area contributed by atoms with Gasteiger partial charge in [0.15, 0.2) is 0 Å². The molecule has 0 radical (unpaired) electrons. The van der Waals surface area contributed by atoms with E-state index in [1.807, 2.05) is 49.3 Å². The van der Waals surface area contributed by atoms with Gasteiger partial charge in [-0.05, 0) is 46.5 Å². The van der Waals surface area contributed by atoms with Crippen LogP contribution in [0.5, 0.6) is 0 Å². The molecule has 2 aromatic rings. The Labute approximate surface area is 164 Å². The van der Waals surface area contributed by atoms with Gasteiger partial charge in [-0.15, -0.1) is 0 Å². The van der Waals surface area contributed by atoms with E-state index in [-0.39, 0.29) is 11.3 Å². The highest BCUT2D eigenvalue weighted by molar-refractivity contribution is 6.46. The third-order valence-electron chi connectivity index (χ3n) is 5.02. The molecule has 0 bridgehead atoms. The van der Waals surface area contributed by atoms with Crippen molar-refractivity contribution in [2.75, 3.05) is 27.2 Å². The monoisotopic (exact) mass is 382 g/mol. The van der Waals surface area contributed by atoms with Crippen LogP contribution in [0.3, 0.4) is 0 Å². The van der Waals surface area contributed by atoms with Gasteiger partial charge in [0.1, 0.15) is 5.76 Å². The number of aromatic nitrogens is 2. The van der Waals surface area contributed by atoms with Crippen molar-refractivity contribution in [2.45, 2.75) is 26.3 Å². The minimum atomic E-state index is -0.656. The summed E-state index contributed by atoms with van der Waals surface area (Å²) < 4.78 is 0. The van der Waals surface area contributed by atoms with Gasteiger partial charge in [0.05, 0.1) is 22.9 Å². The molecule has 1 aliphatic rings. The van der Waals surface area contributed by atoms with Crippen molar-refractivity contribution in [3.63, 3.8) is 0 Å². The molecular formula is C21H26N4O3. The zero-order valence-corrected chi connectivity index (χ0v) is 16.7. The quantitative estimate of drug-likeness (QED) is 0.455. The maximum Gasteiger partial charge on any atom is 0.295 e. The topological polar surface area (TPSA) is 89.5 Å². The fraction of sp³-hybridized carbons (Fsp3) is 0.381. The summed E-state index contributed by atoms with van der Waals surface area (Å²) in [6, 6.07) is 8.74. The molecule has 0 unspecified atom stereocenters. The van der Waals surface area contributed by atoms with Crippen LogP contribution in [0.25, 0.3) is 5.76 Å². The number of hydrogen-bond donors (Lipinski definition) is 2. The summed E-state index contributed by atoms with van der Waals surface area (Å²) in [5, 5.41) is 18.0. The molecule has 1 amide bonds. The van der Waals surface area contributed by atoms with Crippen molar-refractivity contribution < 1.29 is 14.7 Å². The molecule has 1 fully saturated rings. The number of aryl methyl sites for hydroxylation is 2. The molecule has 148 valence electrons. The maximum absolute atomic E-state index is 12.9. The van der Waals surface area contributed by atoms with Gasteiger partial charge in [0.2, 0.25) is 0 Å². The number of aliphatic hydroxyl groups is 1. The van der Waals surface area contributed by atoms with Crippen LogP contribution in [-0.4, -0.2) is 64.0 Å². The number of rotatable bonds is 6. The molecule has 2 N–H and O–H groups in total. The Bertz CT molecular complexity index is 895. The summed E-state index contributed by atoms with van der Waals surface area (Å²) in [4.78, 5) is 29.3. The number of likely N-dealkylation sites (tertiary alicyclic amines) is 1. The molecule has 0 aliphatic carbocycles. The molecule has 3 rings (SSSR count). The minimum absolute atomic E-state index is 0.119. The van der Waals surface area contributed by atoms with Gasteiger partial charge in [-0.3, -0.25) is 14.7 Å². The Morgan fingerprint density at radius 3 is 2.46 bits per heavy atom. The molecule has 28 heavy (non-hydrogen) atoms. The predicted molar refractivity (Wildman–Crippen MR) is 107 cm³/mol. The first-order chi connectivity index (χ1) is 13.3. The van der Waals surface area contributed by atoms with Crippen LogP contribution < -0.4 is 0 Å². The second-order valence-corrected chi connectivity index (χ2v) is 7.37. The Kier molecular flexibility index (Phi) is 5.65. The lowest BCUT2D eigenvalue weighted by molar-refractivity contribution is -0.139. The van der Waals surface area contributed by atoms with Gasteiger partial charge in [-0.25, -0.2) is 0 Å². The lowest BCUT2D eigenvalue weighted by Crippen LogP contribution is -2.32. The zero-order chi connectivity index (χ0) is 20.4. The number of ketones is 1. The summed E-state index contributed by atoms with van der Waals surface area (Å²) in [7, 11) is 3.93. The van der Waals surface area contributed by atoms with Crippen molar-refractivity contribution in [3.05, 3.63) is 58.4 Å². The van der Waals surface area contributed by atoms with Crippen molar-refractivity contribution in [1.29, 1.82) is 0 Å². The van der Waals surface area contributed by atoms with Crippen LogP contribution in [0.15, 0.2) is 35.9 Å². The second-order valence-electron chi connectivity index (χ2n) is 7.37. The van der Waals surface area contributed by atoms with Crippen LogP contribution in [0, 0.1) is 13.8 Å². The van der Waals surface area contributed by atoms with E-state index in [1.165, 1.54) is 0 Å². The zero-order valence-electron chi connectivity index (χ0n) is 16.7. The average molecular weight is 382 g/mol. The lowest BCUT2D eigenvalue weighted by Gasteiger charge is -2.26. The Balaban J connectivity index is 2.10. The fourth-order valence-corrected chi connectivity index (χ4v) is 3.68. The fourth-order valence-electron chi connectivity index (χ4n) is 3.68. The second kappa shape index (κ2) is 7.98. The van der Waals surface area contributed by atoms with Crippen LogP contribution in [0.2, 0.25) is 0 Å². The summed E-state index contributed by atoms with van der Waals surface area (Å²) in [5.41, 5.74) is 2.63. The molecule has 2 heterocycles. The van der Waals surface area contributed by atoms with Crippen molar-refractivity contribution in [3.8, 4) is 0 Å². The smallest absolute Gasteiger partial charge is 0.295 e. The first-order valence-electron chi connectivity index (χ1n) is 9.33. The highest BCUT2D eigenvalue weighted by atomic mass is 16.3. The molecule has 1 aromatic carbocycles. The Morgan fingerprint density at radius 2 is 1.89 bits per heavy atom. The van der Waals surface area contributed by atoms with Gasteiger partial charge in [0, 0.05) is 12.2 Å². The molecule has 7 heteroatoms. The van der Waals surface area contributed by atoms with Crippen molar-refractivity contribution in [1.82, 2.24) is 20.0 Å². The van der Waals surface area contributed by atoms with Gasteiger partial charge >= 0.3 is 0 Å². The molecule has 1 atom stereocenters. The van der Waals surface area contributed by atoms with Gasteiger partial charge < -0.3 is 14.9 Å².